The Morgan fingerprint density at radius 2 is 1.85 bits per heavy atom. The van der Waals surface area contributed by atoms with Crippen molar-refractivity contribution in [1.82, 2.24) is 20.1 Å². The third kappa shape index (κ3) is 4.30. The Bertz CT molecular complexity index is 1130. The van der Waals surface area contributed by atoms with Gasteiger partial charge in [0.15, 0.2) is 0 Å². The highest BCUT2D eigenvalue weighted by molar-refractivity contribution is 6.42. The number of imide groups is 1. The van der Waals surface area contributed by atoms with Crippen molar-refractivity contribution in [3.8, 4) is 0 Å². The lowest BCUT2D eigenvalue weighted by atomic mass is 10.0. The van der Waals surface area contributed by atoms with Crippen molar-refractivity contribution in [3.63, 3.8) is 0 Å². The monoisotopic (exact) mass is 487 g/mol. The fourth-order valence-corrected chi connectivity index (χ4v) is 5.17. The highest BCUT2D eigenvalue weighted by Crippen LogP contribution is 2.32. The number of hydrogen-bond donors (Lipinski definition) is 1. The third-order valence-electron chi connectivity index (χ3n) is 6.53. The molecule has 0 radical (unpaired) electrons. The second kappa shape index (κ2) is 8.93. The molecule has 5 rings (SSSR count). The molecule has 1 atom stereocenters. The molecule has 3 aliphatic rings. The lowest BCUT2D eigenvalue weighted by Crippen LogP contribution is -2.52. The van der Waals surface area contributed by atoms with Crippen molar-refractivity contribution in [1.29, 1.82) is 0 Å². The quantitative estimate of drug-likeness (QED) is 0.526. The molecule has 172 valence electrons. The highest BCUT2D eigenvalue weighted by atomic mass is 35.5. The molecule has 1 N–H and O–H groups in total. The van der Waals surface area contributed by atoms with E-state index in [1.165, 1.54) is 0 Å². The number of carbonyl (C=O) groups is 3. The van der Waals surface area contributed by atoms with Gasteiger partial charge >= 0.3 is 0 Å². The molecule has 2 fully saturated rings. The van der Waals surface area contributed by atoms with Crippen LogP contribution in [-0.2, 0) is 22.7 Å². The van der Waals surface area contributed by atoms with E-state index in [0.717, 1.165) is 49.5 Å². The zero-order valence-corrected chi connectivity index (χ0v) is 19.4. The molecule has 1 aromatic carbocycles. The van der Waals surface area contributed by atoms with Crippen LogP contribution in [0, 0.1) is 0 Å². The zero-order valence-electron chi connectivity index (χ0n) is 17.9. The van der Waals surface area contributed by atoms with Crippen LogP contribution in [0.2, 0.25) is 10.2 Å². The lowest BCUT2D eigenvalue weighted by molar-refractivity contribution is -0.136. The number of fused-ring (bicyclic) bond motifs is 1. The van der Waals surface area contributed by atoms with Gasteiger partial charge in [0.25, 0.3) is 5.91 Å². The van der Waals surface area contributed by atoms with E-state index in [2.05, 4.69) is 26.2 Å². The lowest BCUT2D eigenvalue weighted by Gasteiger charge is -2.36. The number of halogens is 2. The number of carbonyl (C=O) groups excluding carboxylic acids is 3. The van der Waals surface area contributed by atoms with Crippen molar-refractivity contribution in [2.24, 2.45) is 0 Å². The maximum atomic E-state index is 12.9. The summed E-state index contributed by atoms with van der Waals surface area (Å²) in [6, 6.07) is 7.19. The van der Waals surface area contributed by atoms with Crippen molar-refractivity contribution in [2.45, 2.75) is 32.0 Å². The van der Waals surface area contributed by atoms with Crippen LogP contribution in [0.5, 0.6) is 0 Å². The standard InChI is InChI=1S/C23H23Cl2N5O3/c24-20-17(5-6-26-21(20)25)29-9-7-28(8-10-29)12-14-1-2-16-15(11-14)13-30(23(16)33)18-3-4-19(31)27-22(18)32/h1-2,5-6,11,18H,3-4,7-10,12-13H2,(H,27,31,32). The number of amides is 3. The van der Waals surface area contributed by atoms with E-state index in [1.807, 2.05) is 18.2 Å². The molecule has 10 heteroatoms. The number of nitrogens with one attached hydrogen (secondary N) is 1. The molecule has 0 bridgehead atoms. The van der Waals surface area contributed by atoms with Gasteiger partial charge in [0.1, 0.15) is 16.2 Å². The summed E-state index contributed by atoms with van der Waals surface area (Å²) >= 11 is 12.4. The number of hydrogen-bond acceptors (Lipinski definition) is 6. The van der Waals surface area contributed by atoms with Crippen LogP contribution < -0.4 is 10.2 Å². The van der Waals surface area contributed by atoms with E-state index in [-0.39, 0.29) is 24.1 Å². The predicted octanol–water partition coefficient (Wildman–Crippen LogP) is 2.47. The molecule has 4 heterocycles. The zero-order chi connectivity index (χ0) is 23.1. The van der Waals surface area contributed by atoms with Gasteiger partial charge in [-0.15, -0.1) is 0 Å². The van der Waals surface area contributed by atoms with Gasteiger partial charge in [-0.2, -0.15) is 0 Å². The summed E-state index contributed by atoms with van der Waals surface area (Å²) in [5, 5.41) is 3.14. The number of rotatable bonds is 4. The average molecular weight is 488 g/mol. The summed E-state index contributed by atoms with van der Waals surface area (Å²) in [5.41, 5.74) is 3.60. The summed E-state index contributed by atoms with van der Waals surface area (Å²) < 4.78 is 0. The summed E-state index contributed by atoms with van der Waals surface area (Å²) in [6.07, 6.45) is 2.29. The van der Waals surface area contributed by atoms with Crippen LogP contribution in [0.1, 0.15) is 34.3 Å². The fourth-order valence-electron chi connectivity index (χ4n) is 4.78. The van der Waals surface area contributed by atoms with Crippen molar-refractivity contribution in [2.75, 3.05) is 31.1 Å². The number of anilines is 1. The van der Waals surface area contributed by atoms with E-state index in [9.17, 15) is 14.4 Å². The Morgan fingerprint density at radius 1 is 1.06 bits per heavy atom. The Balaban J connectivity index is 1.22. The molecule has 1 unspecified atom stereocenters. The Labute approximate surface area is 201 Å². The molecule has 2 saturated heterocycles. The minimum Gasteiger partial charge on any atom is -0.368 e. The highest BCUT2D eigenvalue weighted by Gasteiger charge is 2.39. The molecule has 0 aliphatic carbocycles. The second-order valence-corrected chi connectivity index (χ2v) is 9.33. The van der Waals surface area contributed by atoms with Crippen LogP contribution in [0.15, 0.2) is 30.5 Å². The van der Waals surface area contributed by atoms with Gasteiger partial charge in [-0.05, 0) is 29.7 Å². The first-order valence-corrected chi connectivity index (χ1v) is 11.7. The van der Waals surface area contributed by atoms with Crippen molar-refractivity contribution in [3.05, 3.63) is 57.3 Å². The predicted molar refractivity (Wildman–Crippen MR) is 124 cm³/mol. The minimum atomic E-state index is -0.590. The first-order chi connectivity index (χ1) is 15.9. The van der Waals surface area contributed by atoms with Crippen LogP contribution in [0.4, 0.5) is 5.69 Å². The first-order valence-electron chi connectivity index (χ1n) is 10.9. The van der Waals surface area contributed by atoms with Crippen LogP contribution >= 0.6 is 23.2 Å². The SMILES string of the molecule is O=C1CCC(N2Cc3cc(CN4CCN(c5ccnc(Cl)c5Cl)CC4)ccc3C2=O)C(=O)N1. The van der Waals surface area contributed by atoms with Crippen molar-refractivity contribution >= 4 is 46.6 Å². The van der Waals surface area contributed by atoms with Gasteiger partial charge in [0, 0.05) is 57.4 Å². The van der Waals surface area contributed by atoms with Crippen LogP contribution in [0.25, 0.3) is 0 Å². The summed E-state index contributed by atoms with van der Waals surface area (Å²) in [5.74, 6) is -0.814. The summed E-state index contributed by atoms with van der Waals surface area (Å²) in [4.78, 5) is 46.7. The van der Waals surface area contributed by atoms with Crippen molar-refractivity contribution < 1.29 is 14.4 Å². The Kier molecular flexibility index (Phi) is 5.99. The van der Waals surface area contributed by atoms with E-state index in [4.69, 9.17) is 23.2 Å². The van der Waals surface area contributed by atoms with Gasteiger partial charge < -0.3 is 9.80 Å². The normalized spacial score (nSPS) is 21.4. The van der Waals surface area contributed by atoms with Crippen LogP contribution in [-0.4, -0.2) is 64.7 Å². The van der Waals surface area contributed by atoms with Crippen LogP contribution in [0.3, 0.4) is 0 Å². The minimum absolute atomic E-state index is 0.146. The topological polar surface area (TPSA) is 85.9 Å². The molecule has 0 spiro atoms. The molecule has 0 saturated carbocycles. The Hall–Kier alpha value is -2.68. The fraction of sp³-hybridized carbons (Fsp3) is 0.391. The average Bonchev–Trinajstić information content (AvgIpc) is 3.12. The molecular formula is C23H23Cl2N5O3. The molecule has 1 aromatic heterocycles. The summed E-state index contributed by atoms with van der Waals surface area (Å²) in [6.45, 7) is 4.56. The molecular weight excluding hydrogens is 465 g/mol. The number of benzene rings is 1. The molecule has 33 heavy (non-hydrogen) atoms. The van der Waals surface area contributed by atoms with E-state index >= 15 is 0 Å². The Morgan fingerprint density at radius 3 is 2.61 bits per heavy atom. The van der Waals surface area contributed by atoms with E-state index < -0.39 is 6.04 Å². The second-order valence-electron chi connectivity index (χ2n) is 8.59. The number of piperazine rings is 1. The molecule has 3 aliphatic heterocycles. The smallest absolute Gasteiger partial charge is 0.255 e. The van der Waals surface area contributed by atoms with Gasteiger partial charge in [-0.25, -0.2) is 4.98 Å². The largest absolute Gasteiger partial charge is 0.368 e. The summed E-state index contributed by atoms with van der Waals surface area (Å²) in [7, 11) is 0. The van der Waals surface area contributed by atoms with Gasteiger partial charge in [0.05, 0.1) is 5.69 Å². The number of piperidine rings is 1. The van der Waals surface area contributed by atoms with E-state index in [1.54, 1.807) is 11.1 Å². The maximum Gasteiger partial charge on any atom is 0.255 e. The number of pyridine rings is 1. The molecule has 2 aromatic rings. The van der Waals surface area contributed by atoms with Gasteiger partial charge in [0.2, 0.25) is 11.8 Å². The number of nitrogens with zero attached hydrogens (tertiary/aromatic N) is 4. The third-order valence-corrected chi connectivity index (χ3v) is 7.29. The van der Waals surface area contributed by atoms with Gasteiger partial charge in [-0.1, -0.05) is 35.3 Å². The molecule has 3 amide bonds. The van der Waals surface area contributed by atoms with Gasteiger partial charge in [-0.3, -0.25) is 24.6 Å². The maximum absolute atomic E-state index is 12.9. The van der Waals surface area contributed by atoms with E-state index in [0.29, 0.717) is 28.7 Å². The molecule has 8 nitrogen and oxygen atoms in total. The first kappa shape index (κ1) is 22.1. The number of aromatic nitrogens is 1.